The maximum atomic E-state index is 12.0. The second-order valence-corrected chi connectivity index (χ2v) is 5.71. The van der Waals surface area contributed by atoms with E-state index in [0.29, 0.717) is 6.54 Å². The molecule has 0 aromatic heterocycles. The Morgan fingerprint density at radius 2 is 1.90 bits per heavy atom. The summed E-state index contributed by atoms with van der Waals surface area (Å²) < 4.78 is 0. The van der Waals surface area contributed by atoms with Crippen molar-refractivity contribution in [2.75, 3.05) is 0 Å². The molecular weight excluding hydrogens is 268 g/mol. The van der Waals surface area contributed by atoms with Crippen molar-refractivity contribution in [2.45, 2.75) is 45.2 Å². The van der Waals surface area contributed by atoms with Crippen LogP contribution in [0.25, 0.3) is 0 Å². The fourth-order valence-corrected chi connectivity index (χ4v) is 2.52. The molecule has 5 heteroatoms. The van der Waals surface area contributed by atoms with E-state index in [1.54, 1.807) is 6.92 Å². The van der Waals surface area contributed by atoms with Gasteiger partial charge in [0.2, 0.25) is 0 Å². The number of hydrogen-bond donors (Lipinski definition) is 3. The van der Waals surface area contributed by atoms with E-state index in [-0.39, 0.29) is 5.92 Å². The molecule has 0 heterocycles. The van der Waals surface area contributed by atoms with Crippen LogP contribution >= 0.6 is 0 Å². The van der Waals surface area contributed by atoms with E-state index in [1.807, 2.05) is 24.3 Å². The first-order valence-electron chi connectivity index (χ1n) is 7.33. The van der Waals surface area contributed by atoms with Gasteiger partial charge in [-0.1, -0.05) is 31.2 Å². The Kier molecular flexibility index (Phi) is 4.50. The molecule has 1 saturated carbocycles. The van der Waals surface area contributed by atoms with Crippen molar-refractivity contribution in [3.05, 3.63) is 35.4 Å². The smallest absolute Gasteiger partial charge is 0.329 e. The van der Waals surface area contributed by atoms with Crippen molar-refractivity contribution >= 4 is 12.0 Å². The van der Waals surface area contributed by atoms with E-state index in [0.717, 1.165) is 24.8 Å². The number of carbonyl (C=O) groups is 2. The first kappa shape index (κ1) is 15.4. The van der Waals surface area contributed by atoms with Crippen molar-refractivity contribution in [1.82, 2.24) is 10.6 Å². The van der Waals surface area contributed by atoms with Gasteiger partial charge in [-0.05, 0) is 43.2 Å². The first-order chi connectivity index (χ1) is 9.97. The Hall–Kier alpha value is -2.04. The summed E-state index contributed by atoms with van der Waals surface area (Å²) in [7, 11) is 0. The number of urea groups is 1. The van der Waals surface area contributed by atoms with Gasteiger partial charge in [-0.25, -0.2) is 9.59 Å². The zero-order valence-corrected chi connectivity index (χ0v) is 12.5. The van der Waals surface area contributed by atoms with E-state index in [4.69, 9.17) is 0 Å². The SMILES string of the molecule is CCc1ccccc1CNC(=O)NC(C)(C(=O)O)C1CC1. The second-order valence-electron chi connectivity index (χ2n) is 5.71. The van der Waals surface area contributed by atoms with Crippen LogP contribution in [0.4, 0.5) is 4.79 Å². The fraction of sp³-hybridized carbons (Fsp3) is 0.500. The van der Waals surface area contributed by atoms with Crippen LogP contribution in [0.2, 0.25) is 0 Å². The monoisotopic (exact) mass is 290 g/mol. The maximum absolute atomic E-state index is 12.0. The van der Waals surface area contributed by atoms with Crippen LogP contribution in [0.5, 0.6) is 0 Å². The summed E-state index contributed by atoms with van der Waals surface area (Å²) in [5.74, 6) is -0.946. The summed E-state index contributed by atoms with van der Waals surface area (Å²) in [6.45, 7) is 4.04. The number of carboxylic acids is 1. The molecular formula is C16H22N2O3. The summed E-state index contributed by atoms with van der Waals surface area (Å²) in [5.41, 5.74) is 1.06. The van der Waals surface area contributed by atoms with Crippen LogP contribution in [0.3, 0.4) is 0 Å². The predicted octanol–water partition coefficient (Wildman–Crippen LogP) is 2.30. The molecule has 1 aromatic carbocycles. The minimum absolute atomic E-state index is 0.0312. The second kappa shape index (κ2) is 6.16. The Balaban J connectivity index is 1.94. The minimum Gasteiger partial charge on any atom is -0.480 e. The summed E-state index contributed by atoms with van der Waals surface area (Å²) in [5, 5.41) is 14.7. The quantitative estimate of drug-likeness (QED) is 0.752. The highest BCUT2D eigenvalue weighted by atomic mass is 16.4. The Bertz CT molecular complexity index is 540. The van der Waals surface area contributed by atoms with Crippen LogP contribution in [0.15, 0.2) is 24.3 Å². The van der Waals surface area contributed by atoms with E-state index in [1.165, 1.54) is 5.56 Å². The molecule has 1 aliphatic rings. The van der Waals surface area contributed by atoms with Gasteiger partial charge in [0, 0.05) is 6.54 Å². The molecule has 114 valence electrons. The van der Waals surface area contributed by atoms with E-state index >= 15 is 0 Å². The van der Waals surface area contributed by atoms with Crippen molar-refractivity contribution in [3.8, 4) is 0 Å². The number of aryl methyl sites for hydroxylation is 1. The lowest BCUT2D eigenvalue weighted by molar-refractivity contribution is -0.144. The van der Waals surface area contributed by atoms with Gasteiger partial charge in [-0.15, -0.1) is 0 Å². The Morgan fingerprint density at radius 1 is 1.29 bits per heavy atom. The number of benzene rings is 1. The summed E-state index contributed by atoms with van der Waals surface area (Å²) in [4.78, 5) is 23.4. The van der Waals surface area contributed by atoms with Crippen molar-refractivity contribution in [2.24, 2.45) is 5.92 Å². The highest BCUT2D eigenvalue weighted by Crippen LogP contribution is 2.39. The molecule has 0 aliphatic heterocycles. The molecule has 1 unspecified atom stereocenters. The number of rotatable bonds is 6. The molecule has 2 amide bonds. The van der Waals surface area contributed by atoms with Crippen LogP contribution in [-0.2, 0) is 17.8 Å². The average Bonchev–Trinajstić information content (AvgIpc) is 3.30. The number of aliphatic carboxylic acids is 1. The third kappa shape index (κ3) is 3.54. The van der Waals surface area contributed by atoms with E-state index in [9.17, 15) is 14.7 Å². The molecule has 0 spiro atoms. The van der Waals surface area contributed by atoms with Gasteiger partial charge in [0.05, 0.1) is 0 Å². The molecule has 0 saturated heterocycles. The fourth-order valence-electron chi connectivity index (χ4n) is 2.52. The highest BCUT2D eigenvalue weighted by Gasteiger charge is 2.48. The molecule has 2 rings (SSSR count). The van der Waals surface area contributed by atoms with Crippen molar-refractivity contribution in [3.63, 3.8) is 0 Å². The Morgan fingerprint density at radius 3 is 2.43 bits per heavy atom. The molecule has 1 aliphatic carbocycles. The van der Waals surface area contributed by atoms with Gasteiger partial charge < -0.3 is 15.7 Å². The normalized spacial score (nSPS) is 16.9. The summed E-state index contributed by atoms with van der Waals surface area (Å²) in [6.07, 6.45) is 2.60. The zero-order valence-electron chi connectivity index (χ0n) is 12.5. The lowest BCUT2D eigenvalue weighted by atomic mass is 9.96. The highest BCUT2D eigenvalue weighted by molar-refractivity contribution is 5.86. The van der Waals surface area contributed by atoms with Gasteiger partial charge in [0.25, 0.3) is 0 Å². The van der Waals surface area contributed by atoms with Crippen LogP contribution in [0.1, 0.15) is 37.8 Å². The largest absolute Gasteiger partial charge is 0.480 e. The summed E-state index contributed by atoms with van der Waals surface area (Å²) >= 11 is 0. The van der Waals surface area contributed by atoms with Crippen LogP contribution in [0, 0.1) is 5.92 Å². The lowest BCUT2D eigenvalue weighted by Gasteiger charge is -2.26. The van der Waals surface area contributed by atoms with Crippen LogP contribution < -0.4 is 10.6 Å². The third-order valence-corrected chi connectivity index (χ3v) is 4.15. The number of carboxylic acid groups (broad SMARTS) is 1. The predicted molar refractivity (Wildman–Crippen MR) is 80.0 cm³/mol. The molecule has 1 aromatic rings. The average molecular weight is 290 g/mol. The number of nitrogens with one attached hydrogen (secondary N) is 2. The van der Waals surface area contributed by atoms with Gasteiger partial charge in [0.15, 0.2) is 0 Å². The van der Waals surface area contributed by atoms with Crippen molar-refractivity contribution in [1.29, 1.82) is 0 Å². The minimum atomic E-state index is -1.17. The molecule has 1 atom stereocenters. The molecule has 0 bridgehead atoms. The molecule has 3 N–H and O–H groups in total. The van der Waals surface area contributed by atoms with Crippen molar-refractivity contribution < 1.29 is 14.7 Å². The number of amides is 2. The number of hydrogen-bond acceptors (Lipinski definition) is 2. The lowest BCUT2D eigenvalue weighted by Crippen LogP contribution is -2.56. The molecule has 5 nitrogen and oxygen atoms in total. The Labute approximate surface area is 124 Å². The maximum Gasteiger partial charge on any atom is 0.329 e. The topological polar surface area (TPSA) is 78.4 Å². The van der Waals surface area contributed by atoms with Gasteiger partial charge >= 0.3 is 12.0 Å². The van der Waals surface area contributed by atoms with Crippen LogP contribution in [-0.4, -0.2) is 22.6 Å². The van der Waals surface area contributed by atoms with Gasteiger partial charge in [-0.2, -0.15) is 0 Å². The molecule has 21 heavy (non-hydrogen) atoms. The zero-order chi connectivity index (χ0) is 15.5. The van der Waals surface area contributed by atoms with E-state index in [2.05, 4.69) is 17.6 Å². The number of carbonyl (C=O) groups excluding carboxylic acids is 1. The van der Waals surface area contributed by atoms with E-state index < -0.39 is 17.5 Å². The third-order valence-electron chi connectivity index (χ3n) is 4.15. The van der Waals surface area contributed by atoms with Gasteiger partial charge in [-0.3, -0.25) is 0 Å². The first-order valence-corrected chi connectivity index (χ1v) is 7.33. The van der Waals surface area contributed by atoms with Gasteiger partial charge in [0.1, 0.15) is 5.54 Å². The molecule has 1 fully saturated rings. The standard InChI is InChI=1S/C16H22N2O3/c1-3-11-6-4-5-7-12(11)10-17-15(21)18-16(2,14(19)20)13-8-9-13/h4-7,13H,3,8-10H2,1-2H3,(H,19,20)(H2,17,18,21). The molecule has 0 radical (unpaired) electrons. The summed E-state index contributed by atoms with van der Waals surface area (Å²) in [6, 6.07) is 7.46.